The van der Waals surface area contributed by atoms with Gasteiger partial charge in [0.25, 0.3) is 5.91 Å². The quantitative estimate of drug-likeness (QED) is 0.657. The summed E-state index contributed by atoms with van der Waals surface area (Å²) in [5.41, 5.74) is 2.63. The summed E-state index contributed by atoms with van der Waals surface area (Å²) in [7, 11) is 0. The number of ether oxygens (including phenoxy) is 1. The zero-order valence-corrected chi connectivity index (χ0v) is 17.4. The largest absolute Gasteiger partial charge is 0.445 e. The van der Waals surface area contributed by atoms with Gasteiger partial charge in [0, 0.05) is 11.5 Å². The summed E-state index contributed by atoms with van der Waals surface area (Å²) in [6, 6.07) is 17.6. The number of hydrogen-bond donors (Lipinski definition) is 0. The van der Waals surface area contributed by atoms with E-state index in [-0.39, 0.29) is 29.4 Å². The van der Waals surface area contributed by atoms with Crippen LogP contribution in [-0.4, -0.2) is 23.0 Å². The highest BCUT2D eigenvalue weighted by molar-refractivity contribution is 6.07. The second-order valence-corrected chi connectivity index (χ2v) is 8.84. The molecule has 1 fully saturated rings. The molecular formula is C25H29NO3. The number of carbonyl (C=O) groups excluding carboxylic acids is 2. The van der Waals surface area contributed by atoms with E-state index in [0.29, 0.717) is 5.56 Å². The summed E-state index contributed by atoms with van der Waals surface area (Å²) < 4.78 is 6.03. The van der Waals surface area contributed by atoms with E-state index in [1.165, 1.54) is 10.5 Å². The Morgan fingerprint density at radius 1 is 1.00 bits per heavy atom. The minimum absolute atomic E-state index is 0.115. The van der Waals surface area contributed by atoms with Crippen LogP contribution in [0.15, 0.2) is 54.6 Å². The van der Waals surface area contributed by atoms with Gasteiger partial charge in [-0.15, -0.1) is 0 Å². The van der Waals surface area contributed by atoms with Gasteiger partial charge in [0.1, 0.15) is 6.10 Å². The summed E-state index contributed by atoms with van der Waals surface area (Å²) in [5.74, 6) is -0.0363. The topological polar surface area (TPSA) is 46.6 Å². The van der Waals surface area contributed by atoms with E-state index in [2.05, 4.69) is 38.1 Å². The normalized spacial score (nSPS) is 24.3. The van der Waals surface area contributed by atoms with Crippen LogP contribution in [-0.2, 0) is 10.2 Å². The Morgan fingerprint density at radius 2 is 1.66 bits per heavy atom. The van der Waals surface area contributed by atoms with E-state index in [4.69, 9.17) is 4.74 Å². The fourth-order valence-electron chi connectivity index (χ4n) is 5.07. The Kier molecular flexibility index (Phi) is 5.20. The fourth-order valence-corrected chi connectivity index (χ4v) is 5.07. The minimum atomic E-state index is -0.514. The maximum Gasteiger partial charge on any atom is 0.417 e. The first-order valence-corrected chi connectivity index (χ1v) is 10.6. The third-order valence-corrected chi connectivity index (χ3v) is 6.84. The van der Waals surface area contributed by atoms with Crippen LogP contribution in [0.3, 0.4) is 0 Å². The molecule has 4 nitrogen and oxygen atoms in total. The number of nitrogens with zero attached hydrogens (tertiary/aromatic N) is 1. The Bertz CT molecular complexity index is 905. The summed E-state index contributed by atoms with van der Waals surface area (Å²) in [6.45, 7) is 6.36. The van der Waals surface area contributed by atoms with E-state index < -0.39 is 6.09 Å². The van der Waals surface area contributed by atoms with Crippen molar-refractivity contribution in [1.82, 2.24) is 4.90 Å². The molecule has 1 aliphatic carbocycles. The van der Waals surface area contributed by atoms with Crippen molar-refractivity contribution in [3.05, 3.63) is 71.3 Å². The molecule has 4 rings (SSSR count). The smallest absolute Gasteiger partial charge is 0.417 e. The summed E-state index contributed by atoms with van der Waals surface area (Å²) in [4.78, 5) is 27.2. The standard InChI is InChI=1S/C25H29NO3/c1-17-19-13-7-8-14-20(19)23(27)26(17)24(28)29-22-16-10-9-15-21(22)25(2,3)18-11-5-4-6-12-18/h4-8,11-14,17,21-22H,9-10,15-16H2,1-3H3/t17-,21-,22-/m1/s1. The molecule has 0 spiro atoms. The molecule has 2 aliphatic rings. The molecule has 2 aromatic rings. The van der Waals surface area contributed by atoms with Crippen LogP contribution in [0.5, 0.6) is 0 Å². The first-order valence-electron chi connectivity index (χ1n) is 10.6. The molecule has 0 unspecified atom stereocenters. The predicted molar refractivity (Wildman–Crippen MR) is 113 cm³/mol. The third-order valence-electron chi connectivity index (χ3n) is 6.84. The lowest BCUT2D eigenvalue weighted by Crippen LogP contribution is -2.44. The average Bonchev–Trinajstić information content (AvgIpc) is 2.99. The lowest BCUT2D eigenvalue weighted by Gasteiger charge is -2.42. The maximum absolute atomic E-state index is 13.1. The summed E-state index contributed by atoms with van der Waals surface area (Å²) in [5, 5.41) is 0. The Hall–Kier alpha value is -2.62. The number of carbonyl (C=O) groups is 2. The van der Waals surface area contributed by atoms with Gasteiger partial charge in [-0.1, -0.05) is 68.8 Å². The molecule has 3 atom stereocenters. The molecule has 29 heavy (non-hydrogen) atoms. The predicted octanol–water partition coefficient (Wildman–Crippen LogP) is 5.88. The molecule has 1 aliphatic heterocycles. The van der Waals surface area contributed by atoms with Gasteiger partial charge in [-0.2, -0.15) is 0 Å². The highest BCUT2D eigenvalue weighted by atomic mass is 16.6. The van der Waals surface area contributed by atoms with E-state index in [1.807, 2.05) is 31.2 Å². The molecule has 1 saturated carbocycles. The van der Waals surface area contributed by atoms with E-state index in [1.54, 1.807) is 6.07 Å². The molecule has 0 aromatic heterocycles. The van der Waals surface area contributed by atoms with E-state index >= 15 is 0 Å². The summed E-state index contributed by atoms with van der Waals surface area (Å²) >= 11 is 0. The molecule has 0 radical (unpaired) electrons. The van der Waals surface area contributed by atoms with Crippen molar-refractivity contribution in [2.75, 3.05) is 0 Å². The number of benzene rings is 2. The lowest BCUT2D eigenvalue weighted by molar-refractivity contribution is -0.00703. The van der Waals surface area contributed by atoms with Crippen molar-refractivity contribution < 1.29 is 14.3 Å². The maximum atomic E-state index is 13.1. The van der Waals surface area contributed by atoms with Crippen LogP contribution >= 0.6 is 0 Å². The number of amides is 2. The zero-order valence-electron chi connectivity index (χ0n) is 17.4. The Morgan fingerprint density at radius 3 is 2.38 bits per heavy atom. The molecule has 1 heterocycles. The highest BCUT2D eigenvalue weighted by Crippen LogP contribution is 2.43. The van der Waals surface area contributed by atoms with Crippen LogP contribution in [0, 0.1) is 5.92 Å². The lowest BCUT2D eigenvalue weighted by atomic mass is 9.66. The second-order valence-electron chi connectivity index (χ2n) is 8.84. The van der Waals surface area contributed by atoms with Gasteiger partial charge in [-0.05, 0) is 48.8 Å². The van der Waals surface area contributed by atoms with Gasteiger partial charge in [-0.3, -0.25) is 4.79 Å². The van der Waals surface area contributed by atoms with Gasteiger partial charge in [0.15, 0.2) is 0 Å². The monoisotopic (exact) mass is 391 g/mol. The number of hydrogen-bond acceptors (Lipinski definition) is 3. The molecular weight excluding hydrogens is 362 g/mol. The molecule has 0 saturated heterocycles. The molecule has 152 valence electrons. The van der Waals surface area contributed by atoms with Gasteiger partial charge in [-0.25, -0.2) is 9.69 Å². The van der Waals surface area contributed by atoms with Gasteiger partial charge >= 0.3 is 6.09 Å². The number of rotatable bonds is 3. The van der Waals surface area contributed by atoms with Crippen LogP contribution in [0.2, 0.25) is 0 Å². The van der Waals surface area contributed by atoms with Crippen molar-refractivity contribution in [3.8, 4) is 0 Å². The van der Waals surface area contributed by atoms with Crippen LogP contribution in [0.4, 0.5) is 4.79 Å². The Labute approximate surface area is 172 Å². The molecule has 4 heteroatoms. The van der Waals surface area contributed by atoms with Crippen molar-refractivity contribution in [1.29, 1.82) is 0 Å². The molecule has 0 N–H and O–H groups in total. The first-order chi connectivity index (χ1) is 13.9. The van der Waals surface area contributed by atoms with Crippen molar-refractivity contribution in [2.24, 2.45) is 5.92 Å². The first kappa shape index (κ1) is 19.7. The van der Waals surface area contributed by atoms with Crippen molar-refractivity contribution in [2.45, 2.75) is 64.0 Å². The van der Waals surface area contributed by atoms with E-state index in [9.17, 15) is 9.59 Å². The van der Waals surface area contributed by atoms with Crippen molar-refractivity contribution in [3.63, 3.8) is 0 Å². The van der Waals surface area contributed by atoms with Crippen LogP contribution in [0.1, 0.15) is 74.0 Å². The highest BCUT2D eigenvalue weighted by Gasteiger charge is 2.44. The van der Waals surface area contributed by atoms with E-state index in [0.717, 1.165) is 31.2 Å². The molecule has 2 amide bonds. The van der Waals surface area contributed by atoms with Gasteiger partial charge in [0.2, 0.25) is 0 Å². The average molecular weight is 392 g/mol. The Balaban J connectivity index is 1.55. The zero-order chi connectivity index (χ0) is 20.6. The van der Waals surface area contributed by atoms with Crippen LogP contribution in [0.25, 0.3) is 0 Å². The SMILES string of the molecule is C[C@@H]1c2ccccc2C(=O)N1C(=O)O[C@@H]1CCCC[C@H]1C(C)(C)c1ccccc1. The minimum Gasteiger partial charge on any atom is -0.445 e. The number of imide groups is 1. The number of fused-ring (bicyclic) bond motifs is 1. The summed E-state index contributed by atoms with van der Waals surface area (Å²) in [6.07, 6.45) is 3.34. The van der Waals surface area contributed by atoms with Gasteiger partial charge < -0.3 is 4.74 Å². The molecule has 0 bridgehead atoms. The van der Waals surface area contributed by atoms with Crippen molar-refractivity contribution >= 4 is 12.0 Å². The van der Waals surface area contributed by atoms with Gasteiger partial charge in [0.05, 0.1) is 6.04 Å². The third kappa shape index (κ3) is 3.45. The fraction of sp³-hybridized carbons (Fsp3) is 0.440. The second kappa shape index (κ2) is 7.66. The van der Waals surface area contributed by atoms with Crippen LogP contribution < -0.4 is 0 Å². The molecule has 2 aromatic carbocycles.